The first-order valence-corrected chi connectivity index (χ1v) is 18.3. The topological polar surface area (TPSA) is 116 Å². The van der Waals surface area contributed by atoms with E-state index in [1.54, 1.807) is 0 Å². The zero-order valence-corrected chi connectivity index (χ0v) is 34.5. The van der Waals surface area contributed by atoms with E-state index in [-0.39, 0.29) is 23.7 Å². The summed E-state index contributed by atoms with van der Waals surface area (Å²) in [5.74, 6) is -8.88. The van der Waals surface area contributed by atoms with Crippen molar-refractivity contribution < 1.29 is 65.9 Å². The molecule has 0 aliphatic carbocycles. The molecule has 12 nitrogen and oxygen atoms in total. The van der Waals surface area contributed by atoms with Gasteiger partial charge in [-0.05, 0) is 133 Å². The summed E-state index contributed by atoms with van der Waals surface area (Å²) in [6.07, 6.45) is -11.2. The van der Waals surface area contributed by atoms with Crippen LogP contribution >= 0.6 is 0 Å². The lowest BCUT2D eigenvalue weighted by Crippen LogP contribution is -2.52. The molecule has 7 atom stereocenters. The normalized spacial score (nSPS) is 39.1. The molecule has 2 fully saturated rings. The summed E-state index contributed by atoms with van der Waals surface area (Å²) in [5, 5.41) is 11.9. The second kappa shape index (κ2) is 16.3. The summed E-state index contributed by atoms with van der Waals surface area (Å²) in [7, 11) is 0. The Morgan fingerprint density at radius 1 is 1.07 bits per heavy atom. The lowest BCUT2D eigenvalue weighted by Gasteiger charge is -2.43. The van der Waals surface area contributed by atoms with E-state index in [2.05, 4.69) is 20.3 Å². The van der Waals surface area contributed by atoms with Crippen molar-refractivity contribution in [2.45, 2.75) is 125 Å². The van der Waals surface area contributed by atoms with Gasteiger partial charge in [-0.15, -0.1) is 0 Å². The van der Waals surface area contributed by atoms with E-state index < -0.39 is 222 Å². The molecule has 4 heterocycles. The van der Waals surface area contributed by atoms with Crippen LogP contribution < -0.4 is 20.2 Å². The Bertz CT molecular complexity index is 3880. The standard InChI is InChI=1S/C47H62F2N8O4/c1-28-19-37(55-27-52-57(44(55)58)43(45(8,9)10)46(11,12)59)13-15-40(28)53-17-18-54(30(3)23-53)36-14-16-41(29(2)20-36)60-24-35-22-47(61-33(35)6,34(7)56-26-50-25-51-56)42-32(5)31(4)38(48)21-39(42)49/h13-16,19-21,25-27,30,33-35,43,59H,17-18,22-24H2,1-12H3/t30?,33?,34-,35+,43-,47-/m0/s1/i8D3,11D3,13D,14D,15D,16D,17D2,18D2,19D,20D,21D,22D2,23D2,24D2,25D,26D,27D,30D,33D,34D,35D,43D,59D/t30?,33?,34-,35+,43-,46+,47-. The molecule has 0 radical (unpaired) electrons. The Morgan fingerprint density at radius 2 is 1.82 bits per heavy atom. The van der Waals surface area contributed by atoms with Gasteiger partial charge in [0.15, 0.2) is 0 Å². The van der Waals surface area contributed by atoms with Crippen molar-refractivity contribution in [2.24, 2.45) is 11.3 Å². The van der Waals surface area contributed by atoms with Crippen LogP contribution in [0.15, 0.2) is 66.0 Å². The van der Waals surface area contributed by atoms with Gasteiger partial charge in [-0.2, -0.15) is 10.2 Å². The van der Waals surface area contributed by atoms with Gasteiger partial charge in [-0.1, -0.05) is 20.7 Å². The van der Waals surface area contributed by atoms with Gasteiger partial charge in [-0.25, -0.2) is 32.5 Å². The molecule has 2 aliphatic heterocycles. The van der Waals surface area contributed by atoms with Gasteiger partial charge in [0, 0.05) is 66.7 Å². The van der Waals surface area contributed by atoms with Crippen LogP contribution in [0.4, 0.5) is 20.2 Å². The second-order valence-electron chi connectivity index (χ2n) is 14.8. The van der Waals surface area contributed by atoms with E-state index in [4.69, 9.17) is 26.0 Å². The first kappa shape index (κ1) is 19.1. The van der Waals surface area contributed by atoms with Gasteiger partial charge in [0.2, 0.25) is 1.43 Å². The summed E-state index contributed by atoms with van der Waals surface area (Å²) in [4.78, 5) is 17.8. The van der Waals surface area contributed by atoms with Crippen LogP contribution in [0.3, 0.4) is 0 Å². The Labute approximate surface area is 403 Å². The molecular formula is C47H62F2N8O4. The third kappa shape index (κ3) is 8.20. The van der Waals surface area contributed by atoms with Crippen LogP contribution in [-0.4, -0.2) is 79.4 Å². The van der Waals surface area contributed by atoms with E-state index in [0.29, 0.717) is 27.7 Å². The molecule has 14 heteroatoms. The molecule has 0 amide bonds. The number of halogens is 2. The maximum atomic E-state index is 16.9. The number of nitrogens with zero attached hydrogens (tertiary/aromatic N) is 8. The maximum absolute atomic E-state index is 16.9. The molecule has 3 aromatic carbocycles. The third-order valence-electron chi connectivity index (χ3n) is 9.77. The average molecular weight is 873 g/mol. The lowest BCUT2D eigenvalue weighted by molar-refractivity contribution is -0.0787. The third-order valence-corrected chi connectivity index (χ3v) is 9.77. The highest BCUT2D eigenvalue weighted by Crippen LogP contribution is 2.52. The molecule has 328 valence electrons. The van der Waals surface area contributed by atoms with Crippen molar-refractivity contribution in [1.82, 2.24) is 29.1 Å². The van der Waals surface area contributed by atoms with Crippen molar-refractivity contribution in [3.05, 3.63) is 111 Å². The molecule has 7 rings (SSSR count). The number of ether oxygens (including phenoxy) is 2. The number of aromatic nitrogens is 6. The van der Waals surface area contributed by atoms with Gasteiger partial charge < -0.3 is 24.4 Å². The highest BCUT2D eigenvalue weighted by Gasteiger charge is 2.53. The Hall–Kier alpha value is -5.08. The predicted molar refractivity (Wildman–Crippen MR) is 234 cm³/mol. The number of hydrogen-bond acceptors (Lipinski definition) is 9. The smallest absolute Gasteiger partial charge is 0.350 e. The van der Waals surface area contributed by atoms with Crippen molar-refractivity contribution in [2.75, 3.05) is 35.8 Å². The zero-order chi connectivity index (χ0) is 72.3. The Kier molecular flexibility index (Phi) is 5.11. The number of piperazine rings is 1. The van der Waals surface area contributed by atoms with Crippen LogP contribution in [0.2, 0.25) is 0 Å². The van der Waals surface area contributed by atoms with E-state index in [1.165, 1.54) is 0 Å². The highest BCUT2D eigenvalue weighted by atomic mass is 19.1. The van der Waals surface area contributed by atoms with Crippen LogP contribution in [0.1, 0.15) is 144 Å². The fraction of sp³-hybridized carbons (Fsp3) is 0.532. The van der Waals surface area contributed by atoms with E-state index in [1.807, 2.05) is 0 Å². The van der Waals surface area contributed by atoms with Crippen LogP contribution in [-0.2, 0) is 10.3 Å². The summed E-state index contributed by atoms with van der Waals surface area (Å²) in [6.45, 7) is -15.6. The molecule has 5 aromatic rings. The number of hydrogen-bond donors (Lipinski definition) is 1. The first-order chi connectivity index (χ1) is 41.4. The van der Waals surface area contributed by atoms with Crippen LogP contribution in [0, 0.1) is 50.6 Å². The molecule has 2 saturated heterocycles. The monoisotopic (exact) mass is 873 g/mol. The number of anilines is 2. The molecule has 0 bridgehead atoms. The predicted octanol–water partition coefficient (Wildman–Crippen LogP) is 8.17. The van der Waals surface area contributed by atoms with Gasteiger partial charge in [0.25, 0.3) is 0 Å². The number of aliphatic hydroxyl groups is 1. The summed E-state index contributed by atoms with van der Waals surface area (Å²) in [5.41, 5.74) is -19.5. The van der Waals surface area contributed by atoms with Gasteiger partial charge in [-0.3, -0.25) is 0 Å². The van der Waals surface area contributed by atoms with Crippen molar-refractivity contribution in [3.8, 4) is 11.4 Å². The van der Waals surface area contributed by atoms with E-state index in [0.717, 1.165) is 41.5 Å². The summed E-state index contributed by atoms with van der Waals surface area (Å²) < 4.78 is 333. The molecule has 61 heavy (non-hydrogen) atoms. The Balaban J connectivity index is 1.41. The number of rotatable bonds is 12. The fourth-order valence-corrected chi connectivity index (χ4v) is 6.76. The van der Waals surface area contributed by atoms with Crippen molar-refractivity contribution in [3.63, 3.8) is 0 Å². The summed E-state index contributed by atoms with van der Waals surface area (Å²) >= 11 is 0. The van der Waals surface area contributed by atoms with Gasteiger partial charge in [0.1, 0.15) is 46.0 Å². The van der Waals surface area contributed by atoms with Crippen molar-refractivity contribution in [1.29, 1.82) is 1.43 Å². The van der Waals surface area contributed by atoms with Gasteiger partial charge in [0.05, 0.1) is 62.0 Å². The average Bonchev–Trinajstić information content (AvgIpc) is 1.49. The minimum absolute atomic E-state index is 0.0472. The quantitative estimate of drug-likeness (QED) is 0.133. The van der Waals surface area contributed by atoms with Crippen LogP contribution in [0.5, 0.6) is 5.75 Å². The molecular weight excluding hydrogens is 779 g/mol. The molecule has 2 unspecified atom stereocenters. The number of benzene rings is 3. The zero-order valence-electron chi connectivity index (χ0n) is 66.5. The highest BCUT2D eigenvalue weighted by molar-refractivity contribution is 5.60. The van der Waals surface area contributed by atoms with E-state index >= 15 is 8.78 Å². The Morgan fingerprint density at radius 3 is 2.52 bits per heavy atom. The SMILES string of the molecule is [2H]O[C@@](C)(C([2H])([2H])[2H])[C@@]([2H])(n1nc([2H])n(-c2c([2H])c([2H])c(N3C([2H])([2H])C([2H])([2H])N(c4c([2H])c([2H])c(OC([2H])([2H])[C@]5([2H])C([2H])(C)O[C@](c6c(C)c(C)c(F)c([2H])c6F)([C@]([2H])(C)n6nc([2H])nc6[2H])C5([2H])[2H])c(C)c4[2H])C([2H])(C)C3([2H])[2H])c(C)c2[2H])c1=O)C(C)(C)C([2H])([2H])[2H]. The molecule has 1 N–H and O–H groups in total. The fourth-order valence-electron chi connectivity index (χ4n) is 6.76. The first-order valence-electron chi connectivity index (χ1n) is 34.2. The second-order valence-corrected chi connectivity index (χ2v) is 14.8. The van der Waals surface area contributed by atoms with Crippen molar-refractivity contribution >= 4 is 11.4 Å². The molecule has 0 saturated carbocycles. The van der Waals surface area contributed by atoms with Crippen LogP contribution in [0.25, 0.3) is 5.69 Å². The molecule has 0 spiro atoms. The van der Waals surface area contributed by atoms with E-state index in [9.17, 15) is 32.2 Å². The lowest BCUT2D eigenvalue weighted by atomic mass is 9.78. The molecule has 2 aliphatic rings. The summed E-state index contributed by atoms with van der Waals surface area (Å²) in [6, 6.07) is -20.1. The minimum Gasteiger partial charge on any atom is -0.493 e. The maximum Gasteiger partial charge on any atom is 0.350 e. The largest absolute Gasteiger partial charge is 0.493 e. The minimum atomic E-state index is -4.26. The van der Waals surface area contributed by atoms with Gasteiger partial charge >= 0.3 is 5.69 Å². The molecule has 2 aromatic heterocycles.